The van der Waals surface area contributed by atoms with Crippen molar-refractivity contribution >= 4 is 0 Å². The molecule has 228 valence electrons. The summed E-state index contributed by atoms with van der Waals surface area (Å²) in [6.45, 7) is 1.36. The maximum atomic E-state index is 6.62. The lowest BCUT2D eigenvalue weighted by Crippen LogP contribution is -2.62. The summed E-state index contributed by atoms with van der Waals surface area (Å²) in [6, 6.07) is 37.2. The van der Waals surface area contributed by atoms with Gasteiger partial charge < -0.3 is 33.2 Å². The summed E-state index contributed by atoms with van der Waals surface area (Å²) in [4.78, 5) is 0. The maximum Gasteiger partial charge on any atom is 0.229 e. The first kappa shape index (κ1) is 31.3. The number of hydrogen-bond acceptors (Lipinski definition) is 7. The van der Waals surface area contributed by atoms with Gasteiger partial charge in [-0.25, -0.2) is 0 Å². The third kappa shape index (κ3) is 8.93. The third-order valence-electron chi connectivity index (χ3n) is 7.23. The molecule has 7 nitrogen and oxygen atoms in total. The van der Waals surface area contributed by atoms with Gasteiger partial charge in [0.2, 0.25) is 6.29 Å². The summed E-state index contributed by atoms with van der Waals surface area (Å²) >= 11 is 0. The smallest absolute Gasteiger partial charge is 0.229 e. The minimum Gasteiger partial charge on any atom is -0.497 e. The number of benzene rings is 4. The molecule has 0 radical (unpaired) electrons. The molecule has 1 aliphatic heterocycles. The van der Waals surface area contributed by atoms with Crippen LogP contribution in [0.5, 0.6) is 11.5 Å². The molecule has 0 aromatic heterocycles. The van der Waals surface area contributed by atoms with E-state index in [9.17, 15) is 0 Å². The number of terminal acetylenes is 1. The van der Waals surface area contributed by atoms with Crippen molar-refractivity contribution in [2.24, 2.45) is 0 Å². The fraction of sp³-hybridized carbons (Fsp3) is 0.297. The zero-order valence-electron chi connectivity index (χ0n) is 24.8. The van der Waals surface area contributed by atoms with E-state index in [1.165, 1.54) is 0 Å². The van der Waals surface area contributed by atoms with Crippen LogP contribution in [0.4, 0.5) is 0 Å². The summed E-state index contributed by atoms with van der Waals surface area (Å²) < 4.78 is 44.0. The predicted octanol–water partition coefficient (Wildman–Crippen LogP) is 6.20. The van der Waals surface area contributed by atoms with Gasteiger partial charge in [-0.15, -0.1) is 6.42 Å². The Morgan fingerprint density at radius 1 is 0.614 bits per heavy atom. The van der Waals surface area contributed by atoms with Gasteiger partial charge in [0.05, 0.1) is 33.5 Å². The van der Waals surface area contributed by atoms with E-state index < -0.39 is 30.7 Å². The second kappa shape index (κ2) is 16.6. The molecule has 5 atom stereocenters. The van der Waals surface area contributed by atoms with Crippen molar-refractivity contribution in [2.45, 2.75) is 50.5 Å². The van der Waals surface area contributed by atoms with Crippen molar-refractivity contribution in [1.29, 1.82) is 0 Å². The maximum absolute atomic E-state index is 6.62. The Balaban J connectivity index is 1.44. The zero-order chi connectivity index (χ0) is 30.4. The van der Waals surface area contributed by atoms with Crippen LogP contribution in [0.15, 0.2) is 115 Å². The van der Waals surface area contributed by atoms with Crippen LogP contribution < -0.4 is 9.47 Å². The van der Waals surface area contributed by atoms with Gasteiger partial charge in [-0.05, 0) is 41.0 Å². The van der Waals surface area contributed by atoms with E-state index in [1.54, 1.807) is 7.11 Å². The standard InChI is InChI=1S/C37H38O7/c1-3-23-40-34-33(27-39-24-28-13-7-4-8-14-28)44-37(43-32-21-19-31(38-2)20-22-32)36(42-26-30-17-11-6-12-18-30)35(34)41-25-29-15-9-5-10-16-29/h1,4-22,33-37H,23-27H2,2H3/t33-,34-,35+,36+,37+/m1/s1. The Labute approximate surface area is 259 Å². The molecule has 4 aromatic rings. The molecule has 0 bridgehead atoms. The summed E-state index contributed by atoms with van der Waals surface area (Å²) in [7, 11) is 1.62. The van der Waals surface area contributed by atoms with Crippen LogP contribution in [0.2, 0.25) is 0 Å². The van der Waals surface area contributed by atoms with Gasteiger partial charge in [0.15, 0.2) is 0 Å². The van der Waals surface area contributed by atoms with Gasteiger partial charge in [-0.2, -0.15) is 0 Å². The lowest BCUT2D eigenvalue weighted by molar-refractivity contribution is -0.307. The first-order valence-electron chi connectivity index (χ1n) is 14.7. The topological polar surface area (TPSA) is 64.6 Å². The highest BCUT2D eigenvalue weighted by molar-refractivity contribution is 5.31. The monoisotopic (exact) mass is 594 g/mol. The van der Waals surface area contributed by atoms with E-state index in [0.29, 0.717) is 25.6 Å². The predicted molar refractivity (Wildman–Crippen MR) is 167 cm³/mol. The van der Waals surface area contributed by atoms with Crippen molar-refractivity contribution < 1.29 is 33.2 Å². The van der Waals surface area contributed by atoms with E-state index in [-0.39, 0.29) is 13.2 Å². The second-order valence-corrected chi connectivity index (χ2v) is 10.3. The Hall–Kier alpha value is -4.16. The number of hydrogen-bond donors (Lipinski definition) is 0. The largest absolute Gasteiger partial charge is 0.497 e. The molecule has 0 spiro atoms. The van der Waals surface area contributed by atoms with Crippen LogP contribution in [0.3, 0.4) is 0 Å². The van der Waals surface area contributed by atoms with Crippen molar-refractivity contribution in [3.05, 3.63) is 132 Å². The molecule has 5 rings (SSSR count). The van der Waals surface area contributed by atoms with Crippen molar-refractivity contribution in [3.63, 3.8) is 0 Å². The van der Waals surface area contributed by atoms with Gasteiger partial charge in [0.25, 0.3) is 0 Å². The quantitative estimate of drug-likeness (QED) is 0.152. The van der Waals surface area contributed by atoms with E-state index in [2.05, 4.69) is 5.92 Å². The molecule has 4 aromatic carbocycles. The summed E-state index contributed by atoms with van der Waals surface area (Å²) in [5, 5.41) is 0. The highest BCUT2D eigenvalue weighted by Gasteiger charge is 2.49. The molecule has 0 N–H and O–H groups in total. The number of ether oxygens (including phenoxy) is 7. The molecule has 1 heterocycles. The van der Waals surface area contributed by atoms with Crippen LogP contribution in [-0.4, -0.2) is 51.0 Å². The first-order chi connectivity index (χ1) is 21.7. The number of methoxy groups -OCH3 is 1. The van der Waals surface area contributed by atoms with E-state index in [1.807, 2.05) is 115 Å². The molecule has 0 aliphatic carbocycles. The molecular formula is C37H38O7. The Bertz CT molecular complexity index is 1410. The van der Waals surface area contributed by atoms with Gasteiger partial charge in [0, 0.05) is 0 Å². The molecule has 1 fully saturated rings. The van der Waals surface area contributed by atoms with Gasteiger partial charge in [-0.1, -0.05) is 96.9 Å². The van der Waals surface area contributed by atoms with Crippen molar-refractivity contribution in [1.82, 2.24) is 0 Å². The summed E-state index contributed by atoms with van der Waals surface area (Å²) in [6.07, 6.45) is 2.37. The summed E-state index contributed by atoms with van der Waals surface area (Å²) in [5.74, 6) is 3.90. The highest BCUT2D eigenvalue weighted by Crippen LogP contribution is 2.32. The van der Waals surface area contributed by atoms with Gasteiger partial charge >= 0.3 is 0 Å². The highest BCUT2D eigenvalue weighted by atomic mass is 16.7. The van der Waals surface area contributed by atoms with Crippen LogP contribution in [0.25, 0.3) is 0 Å². The Morgan fingerprint density at radius 2 is 1.14 bits per heavy atom. The summed E-state index contributed by atoms with van der Waals surface area (Å²) in [5.41, 5.74) is 3.07. The second-order valence-electron chi connectivity index (χ2n) is 10.3. The van der Waals surface area contributed by atoms with Crippen LogP contribution in [0.1, 0.15) is 16.7 Å². The first-order valence-corrected chi connectivity index (χ1v) is 14.7. The fourth-order valence-corrected chi connectivity index (χ4v) is 5.01. The molecule has 0 amide bonds. The van der Waals surface area contributed by atoms with Crippen LogP contribution in [0, 0.1) is 12.3 Å². The third-order valence-corrected chi connectivity index (χ3v) is 7.23. The minimum atomic E-state index is -0.844. The molecule has 7 heteroatoms. The molecule has 44 heavy (non-hydrogen) atoms. The average Bonchev–Trinajstić information content (AvgIpc) is 3.08. The average molecular weight is 595 g/mol. The SMILES string of the molecule is C#CCO[C@H]1[C@H](OCc2ccccc2)[C@H](OCc2ccccc2)[C@@H](Oc2ccc(OC)cc2)O[C@@H]1COCc1ccccc1. The molecule has 0 unspecified atom stereocenters. The fourth-order valence-electron chi connectivity index (χ4n) is 5.01. The van der Waals surface area contributed by atoms with Gasteiger partial charge in [0.1, 0.15) is 42.5 Å². The number of rotatable bonds is 15. The van der Waals surface area contributed by atoms with E-state index >= 15 is 0 Å². The van der Waals surface area contributed by atoms with Crippen molar-refractivity contribution in [3.8, 4) is 23.8 Å². The molecule has 1 aliphatic rings. The van der Waals surface area contributed by atoms with Gasteiger partial charge in [-0.3, -0.25) is 0 Å². The lowest BCUT2D eigenvalue weighted by Gasteiger charge is -2.45. The van der Waals surface area contributed by atoms with E-state index in [4.69, 9.17) is 39.6 Å². The normalized spacial score (nSPS) is 21.3. The Kier molecular flexibility index (Phi) is 11.8. The van der Waals surface area contributed by atoms with E-state index in [0.717, 1.165) is 22.4 Å². The molecular weight excluding hydrogens is 556 g/mol. The zero-order valence-corrected chi connectivity index (χ0v) is 24.8. The minimum absolute atomic E-state index is 0.0732. The van der Waals surface area contributed by atoms with Crippen LogP contribution >= 0.6 is 0 Å². The van der Waals surface area contributed by atoms with Crippen LogP contribution in [-0.2, 0) is 43.5 Å². The lowest BCUT2D eigenvalue weighted by atomic mass is 9.98. The molecule has 0 saturated carbocycles. The Morgan fingerprint density at radius 3 is 1.68 bits per heavy atom. The van der Waals surface area contributed by atoms with Crippen molar-refractivity contribution in [2.75, 3.05) is 20.3 Å². The molecule has 1 saturated heterocycles.